The number of methoxy groups -OCH3 is 2. The lowest BCUT2D eigenvalue weighted by Crippen LogP contribution is -2.51. The molecular weight excluding hydrogens is 392 g/mol. The number of rotatable bonds is 7. The molecule has 0 aromatic heterocycles. The highest BCUT2D eigenvalue weighted by Gasteiger charge is 2.41. The van der Waals surface area contributed by atoms with Crippen LogP contribution in [-0.2, 0) is 16.0 Å². The summed E-state index contributed by atoms with van der Waals surface area (Å²) in [4.78, 5) is 15.2. The molecule has 2 heterocycles. The quantitative estimate of drug-likeness (QED) is 0.649. The average Bonchev–Trinajstić information content (AvgIpc) is 2.71. The number of carbonyl (C=O) groups is 1. The van der Waals surface area contributed by atoms with Gasteiger partial charge in [0.15, 0.2) is 11.5 Å². The van der Waals surface area contributed by atoms with E-state index in [0.29, 0.717) is 11.8 Å². The number of esters is 1. The van der Waals surface area contributed by atoms with Crippen LogP contribution in [0.25, 0.3) is 0 Å². The summed E-state index contributed by atoms with van der Waals surface area (Å²) in [5.41, 5.74) is 8.64. The van der Waals surface area contributed by atoms with E-state index in [1.807, 2.05) is 13.8 Å². The number of fused-ring (bicyclic) bond motifs is 3. The SMILES string of the molecule is C.COc1cc2c(cc1OC)[C@H]1C[C@@H](OC(=O)[C@@H](N)C(C)C)[C@H](CC(C)C)CN1CC2. The third-order valence-corrected chi connectivity index (χ3v) is 6.60. The van der Waals surface area contributed by atoms with E-state index < -0.39 is 6.04 Å². The highest BCUT2D eigenvalue weighted by atomic mass is 16.5. The maximum atomic E-state index is 12.7. The Morgan fingerprint density at radius 3 is 2.39 bits per heavy atom. The van der Waals surface area contributed by atoms with Gasteiger partial charge in [0.05, 0.1) is 14.2 Å². The Kier molecular flexibility index (Phi) is 8.78. The molecule has 0 amide bonds. The topological polar surface area (TPSA) is 74.0 Å². The third-order valence-electron chi connectivity index (χ3n) is 6.60. The molecule has 2 aliphatic rings. The Balaban J connectivity index is 0.00000341. The molecule has 6 nitrogen and oxygen atoms in total. The molecule has 0 saturated carbocycles. The molecule has 1 fully saturated rings. The van der Waals surface area contributed by atoms with E-state index in [0.717, 1.165) is 43.9 Å². The van der Waals surface area contributed by atoms with Crippen molar-refractivity contribution in [2.75, 3.05) is 27.3 Å². The van der Waals surface area contributed by atoms with Gasteiger partial charge in [-0.25, -0.2) is 0 Å². The van der Waals surface area contributed by atoms with E-state index in [4.69, 9.17) is 19.9 Å². The molecule has 2 aliphatic heterocycles. The first-order valence-electron chi connectivity index (χ1n) is 11.2. The number of hydrogen-bond donors (Lipinski definition) is 1. The molecule has 31 heavy (non-hydrogen) atoms. The third kappa shape index (κ3) is 5.53. The fourth-order valence-corrected chi connectivity index (χ4v) is 4.88. The second kappa shape index (κ2) is 10.7. The van der Waals surface area contributed by atoms with E-state index in [2.05, 4.69) is 30.9 Å². The van der Waals surface area contributed by atoms with Crippen LogP contribution in [0.1, 0.15) is 65.1 Å². The number of nitrogens with two attached hydrogens (primary N) is 1. The Labute approximate surface area is 188 Å². The van der Waals surface area contributed by atoms with Gasteiger partial charge in [-0.1, -0.05) is 35.1 Å². The molecule has 2 N–H and O–H groups in total. The number of nitrogens with zero attached hydrogens (tertiary/aromatic N) is 1. The minimum absolute atomic E-state index is 0. The summed E-state index contributed by atoms with van der Waals surface area (Å²) in [7, 11) is 3.34. The van der Waals surface area contributed by atoms with Crippen molar-refractivity contribution >= 4 is 5.97 Å². The standard InChI is InChI=1S/C24H38N2O4.CH4/c1-14(2)9-17-13-26-8-7-16-10-21(28-5)22(29-6)11-18(16)19(26)12-20(17)30-24(27)23(25)15(3)4;/h10-11,14-15,17,19-20,23H,7-9,12-13,25H2,1-6H3;1H4/t17-,19-,20-,23+;/m1./s1. The van der Waals surface area contributed by atoms with Crippen LogP contribution in [0, 0.1) is 17.8 Å². The van der Waals surface area contributed by atoms with Gasteiger partial charge < -0.3 is 19.9 Å². The zero-order valence-electron chi connectivity index (χ0n) is 19.3. The Hall–Kier alpha value is -1.79. The summed E-state index contributed by atoms with van der Waals surface area (Å²) >= 11 is 0. The van der Waals surface area contributed by atoms with E-state index in [-0.39, 0.29) is 31.5 Å². The second-order valence-electron chi connectivity index (χ2n) is 9.54. The highest BCUT2D eigenvalue weighted by Crippen LogP contribution is 2.44. The molecule has 0 aliphatic carbocycles. The van der Waals surface area contributed by atoms with Crippen LogP contribution in [0.4, 0.5) is 0 Å². The summed E-state index contributed by atoms with van der Waals surface area (Å²) in [6.45, 7) is 10.3. The van der Waals surface area contributed by atoms with Gasteiger partial charge in [0.2, 0.25) is 0 Å². The average molecular weight is 435 g/mol. The smallest absolute Gasteiger partial charge is 0.323 e. The fraction of sp³-hybridized carbons (Fsp3) is 0.720. The van der Waals surface area contributed by atoms with Crippen LogP contribution in [0.15, 0.2) is 12.1 Å². The molecule has 1 saturated heterocycles. The van der Waals surface area contributed by atoms with Gasteiger partial charge in [-0.05, 0) is 47.9 Å². The normalized spacial score (nSPS) is 24.1. The van der Waals surface area contributed by atoms with Gasteiger partial charge in [0.25, 0.3) is 0 Å². The molecule has 1 aromatic carbocycles. The van der Waals surface area contributed by atoms with E-state index >= 15 is 0 Å². The van der Waals surface area contributed by atoms with E-state index in [1.54, 1.807) is 14.2 Å². The van der Waals surface area contributed by atoms with Crippen LogP contribution in [0.5, 0.6) is 11.5 Å². The molecule has 0 spiro atoms. The Morgan fingerprint density at radius 1 is 1.16 bits per heavy atom. The van der Waals surface area contributed by atoms with Crippen molar-refractivity contribution in [3.63, 3.8) is 0 Å². The number of hydrogen-bond acceptors (Lipinski definition) is 6. The van der Waals surface area contributed by atoms with Crippen molar-refractivity contribution in [2.45, 2.75) is 72.6 Å². The van der Waals surface area contributed by atoms with Crippen molar-refractivity contribution in [3.8, 4) is 11.5 Å². The molecule has 1 aromatic rings. The summed E-state index contributed by atoms with van der Waals surface area (Å²) in [6, 6.07) is 3.84. The van der Waals surface area contributed by atoms with Gasteiger partial charge in [-0.3, -0.25) is 9.69 Å². The van der Waals surface area contributed by atoms with Gasteiger partial charge in [0.1, 0.15) is 12.1 Å². The summed E-state index contributed by atoms with van der Waals surface area (Å²) in [6.07, 6.45) is 2.70. The number of carbonyl (C=O) groups excluding carboxylic acids is 1. The van der Waals surface area contributed by atoms with Crippen LogP contribution in [-0.4, -0.2) is 50.3 Å². The van der Waals surface area contributed by atoms with Gasteiger partial charge in [0, 0.05) is 31.5 Å². The van der Waals surface area contributed by atoms with Gasteiger partial charge >= 0.3 is 5.97 Å². The molecule has 6 heteroatoms. The predicted molar refractivity (Wildman–Crippen MR) is 125 cm³/mol. The number of ether oxygens (including phenoxy) is 3. The highest BCUT2D eigenvalue weighted by molar-refractivity contribution is 5.76. The number of piperidine rings is 1. The first kappa shape index (κ1) is 25.5. The number of benzene rings is 1. The summed E-state index contributed by atoms with van der Waals surface area (Å²) in [5.74, 6) is 2.18. The first-order valence-corrected chi connectivity index (χ1v) is 11.2. The monoisotopic (exact) mass is 434 g/mol. The van der Waals surface area contributed by atoms with E-state index in [1.165, 1.54) is 11.1 Å². The maximum absolute atomic E-state index is 12.7. The van der Waals surface area contributed by atoms with Crippen molar-refractivity contribution in [1.82, 2.24) is 4.90 Å². The molecule has 0 unspecified atom stereocenters. The molecule has 0 bridgehead atoms. The van der Waals surface area contributed by atoms with E-state index in [9.17, 15) is 4.79 Å². The molecule has 3 rings (SSSR count). The van der Waals surface area contributed by atoms with Crippen LogP contribution in [0.3, 0.4) is 0 Å². The Morgan fingerprint density at radius 2 is 1.81 bits per heavy atom. The summed E-state index contributed by atoms with van der Waals surface area (Å²) < 4.78 is 17.1. The van der Waals surface area contributed by atoms with Crippen molar-refractivity contribution in [2.24, 2.45) is 23.5 Å². The van der Waals surface area contributed by atoms with Gasteiger partial charge in [-0.15, -0.1) is 0 Å². The lowest BCUT2D eigenvalue weighted by Gasteiger charge is -2.47. The zero-order valence-corrected chi connectivity index (χ0v) is 19.3. The minimum Gasteiger partial charge on any atom is -0.493 e. The zero-order chi connectivity index (χ0) is 22.0. The summed E-state index contributed by atoms with van der Waals surface area (Å²) in [5, 5.41) is 0. The first-order chi connectivity index (χ1) is 14.2. The van der Waals surface area contributed by atoms with Crippen LogP contribution in [0.2, 0.25) is 0 Å². The fourth-order valence-electron chi connectivity index (χ4n) is 4.88. The Bertz CT molecular complexity index is 749. The second-order valence-corrected chi connectivity index (χ2v) is 9.54. The minimum atomic E-state index is -0.578. The molecular formula is C25H42N2O4. The lowest BCUT2D eigenvalue weighted by molar-refractivity contribution is -0.160. The lowest BCUT2D eigenvalue weighted by atomic mass is 9.79. The van der Waals surface area contributed by atoms with Gasteiger partial charge in [-0.2, -0.15) is 0 Å². The predicted octanol–water partition coefficient (Wildman–Crippen LogP) is 4.20. The van der Waals surface area contributed by atoms with Crippen molar-refractivity contribution in [1.29, 1.82) is 0 Å². The van der Waals surface area contributed by atoms with Crippen molar-refractivity contribution < 1.29 is 19.0 Å². The van der Waals surface area contributed by atoms with Crippen LogP contribution >= 0.6 is 0 Å². The molecule has 176 valence electrons. The molecule has 0 radical (unpaired) electrons. The molecule has 4 atom stereocenters. The van der Waals surface area contributed by atoms with Crippen LogP contribution < -0.4 is 15.2 Å². The maximum Gasteiger partial charge on any atom is 0.323 e. The largest absolute Gasteiger partial charge is 0.493 e. The van der Waals surface area contributed by atoms with Crippen molar-refractivity contribution in [3.05, 3.63) is 23.3 Å².